The first-order chi connectivity index (χ1) is 6.26. The van der Waals surface area contributed by atoms with Crippen molar-refractivity contribution in [3.8, 4) is 5.75 Å². The van der Waals surface area contributed by atoms with Crippen molar-refractivity contribution in [3.05, 3.63) is 24.0 Å². The van der Waals surface area contributed by atoms with Crippen LogP contribution in [0.1, 0.15) is 5.69 Å². The van der Waals surface area contributed by atoms with Crippen LogP contribution in [0.25, 0.3) is 0 Å². The average molecular weight is 181 g/mol. The first-order valence-corrected chi connectivity index (χ1v) is 3.82. The van der Waals surface area contributed by atoms with Crippen LogP contribution in [0.15, 0.2) is 18.3 Å². The maximum Gasteiger partial charge on any atom is 0.311 e. The molecule has 0 atom stereocenters. The van der Waals surface area contributed by atoms with E-state index in [0.717, 1.165) is 0 Å². The Kier molecular flexibility index (Phi) is 3.25. The summed E-state index contributed by atoms with van der Waals surface area (Å²) in [6, 6.07) is 3.49. The second kappa shape index (κ2) is 4.45. The molecule has 0 aromatic carbocycles. The monoisotopic (exact) mass is 181 g/mol. The standard InChI is InChI=1S/C9H11NO3/c1-12-8-4-3-7(10-6-8)5-9(11)13-2/h3-4,6H,5H2,1-2H3. The van der Waals surface area contributed by atoms with E-state index in [1.165, 1.54) is 7.11 Å². The van der Waals surface area contributed by atoms with Gasteiger partial charge in [-0.15, -0.1) is 0 Å². The fraction of sp³-hybridized carbons (Fsp3) is 0.333. The number of hydrogen-bond donors (Lipinski definition) is 0. The molecule has 0 unspecified atom stereocenters. The maximum absolute atomic E-state index is 10.8. The van der Waals surface area contributed by atoms with Crippen LogP contribution in [0.3, 0.4) is 0 Å². The molecule has 70 valence electrons. The SMILES string of the molecule is COC(=O)Cc1ccc(OC)cn1. The number of hydrogen-bond acceptors (Lipinski definition) is 4. The number of nitrogens with zero attached hydrogens (tertiary/aromatic N) is 1. The van der Waals surface area contributed by atoms with Gasteiger partial charge in [0.1, 0.15) is 5.75 Å². The molecule has 0 saturated heterocycles. The van der Waals surface area contributed by atoms with Crippen molar-refractivity contribution >= 4 is 5.97 Å². The first-order valence-electron chi connectivity index (χ1n) is 3.82. The molecule has 4 nitrogen and oxygen atoms in total. The van der Waals surface area contributed by atoms with E-state index >= 15 is 0 Å². The number of aromatic nitrogens is 1. The Morgan fingerprint density at radius 1 is 1.46 bits per heavy atom. The molecule has 0 spiro atoms. The Morgan fingerprint density at radius 3 is 2.69 bits per heavy atom. The van der Waals surface area contributed by atoms with Crippen molar-refractivity contribution in [2.24, 2.45) is 0 Å². The normalized spacial score (nSPS) is 9.38. The van der Waals surface area contributed by atoms with E-state index in [2.05, 4.69) is 9.72 Å². The molecule has 0 aliphatic carbocycles. The van der Waals surface area contributed by atoms with E-state index in [1.54, 1.807) is 25.4 Å². The Morgan fingerprint density at radius 2 is 2.23 bits per heavy atom. The van der Waals surface area contributed by atoms with Crippen LogP contribution in [0.5, 0.6) is 5.75 Å². The summed E-state index contributed by atoms with van der Waals surface area (Å²) in [6.45, 7) is 0. The van der Waals surface area contributed by atoms with E-state index in [4.69, 9.17) is 4.74 Å². The predicted octanol–water partition coefficient (Wildman–Crippen LogP) is 0.806. The lowest BCUT2D eigenvalue weighted by Gasteiger charge is -2.00. The van der Waals surface area contributed by atoms with Gasteiger partial charge in [-0.2, -0.15) is 0 Å². The summed E-state index contributed by atoms with van der Waals surface area (Å²) in [5, 5.41) is 0. The highest BCUT2D eigenvalue weighted by Gasteiger charge is 2.03. The fourth-order valence-corrected chi connectivity index (χ4v) is 0.856. The number of pyridine rings is 1. The molecular formula is C9H11NO3. The number of carbonyl (C=O) groups is 1. The molecule has 0 bridgehead atoms. The van der Waals surface area contributed by atoms with Crippen LogP contribution in [-0.2, 0) is 16.0 Å². The van der Waals surface area contributed by atoms with Gasteiger partial charge in [-0.1, -0.05) is 0 Å². The van der Waals surface area contributed by atoms with Crippen molar-refractivity contribution in [2.75, 3.05) is 14.2 Å². The van der Waals surface area contributed by atoms with Crippen LogP contribution in [0.4, 0.5) is 0 Å². The summed E-state index contributed by atoms with van der Waals surface area (Å²) in [6.07, 6.45) is 1.76. The van der Waals surface area contributed by atoms with Crippen molar-refractivity contribution < 1.29 is 14.3 Å². The zero-order valence-electron chi connectivity index (χ0n) is 7.61. The zero-order chi connectivity index (χ0) is 9.68. The molecule has 1 aromatic rings. The van der Waals surface area contributed by atoms with Gasteiger partial charge in [0.25, 0.3) is 0 Å². The summed E-state index contributed by atoms with van der Waals surface area (Å²) in [4.78, 5) is 14.9. The van der Waals surface area contributed by atoms with Crippen LogP contribution in [0.2, 0.25) is 0 Å². The van der Waals surface area contributed by atoms with Gasteiger partial charge in [-0.3, -0.25) is 9.78 Å². The van der Waals surface area contributed by atoms with Gasteiger partial charge in [0.2, 0.25) is 0 Å². The molecule has 0 N–H and O–H groups in total. The molecular weight excluding hydrogens is 170 g/mol. The van der Waals surface area contributed by atoms with Crippen LogP contribution in [0, 0.1) is 0 Å². The summed E-state index contributed by atoms with van der Waals surface area (Å²) in [7, 11) is 2.92. The van der Waals surface area contributed by atoms with E-state index in [9.17, 15) is 4.79 Å². The smallest absolute Gasteiger partial charge is 0.311 e. The van der Waals surface area contributed by atoms with Gasteiger partial charge < -0.3 is 9.47 Å². The quantitative estimate of drug-likeness (QED) is 0.647. The van der Waals surface area contributed by atoms with E-state index in [1.807, 2.05) is 0 Å². The Hall–Kier alpha value is -1.58. The molecule has 1 rings (SSSR count). The molecule has 4 heteroatoms. The predicted molar refractivity (Wildman–Crippen MR) is 46.5 cm³/mol. The molecule has 0 amide bonds. The topological polar surface area (TPSA) is 48.4 Å². The number of esters is 1. The fourth-order valence-electron chi connectivity index (χ4n) is 0.856. The Bertz CT molecular complexity index is 281. The van der Waals surface area contributed by atoms with Gasteiger partial charge in [0, 0.05) is 0 Å². The number of methoxy groups -OCH3 is 2. The summed E-state index contributed by atoms with van der Waals surface area (Å²) < 4.78 is 9.42. The molecule has 1 aromatic heterocycles. The second-order valence-corrected chi connectivity index (χ2v) is 2.44. The average Bonchev–Trinajstić information content (AvgIpc) is 2.19. The van der Waals surface area contributed by atoms with Gasteiger partial charge in [-0.05, 0) is 12.1 Å². The van der Waals surface area contributed by atoms with Crippen molar-refractivity contribution in [3.63, 3.8) is 0 Å². The highest BCUT2D eigenvalue weighted by Crippen LogP contribution is 2.08. The lowest BCUT2D eigenvalue weighted by atomic mass is 10.3. The van der Waals surface area contributed by atoms with E-state index in [0.29, 0.717) is 11.4 Å². The third-order valence-corrected chi connectivity index (χ3v) is 1.59. The highest BCUT2D eigenvalue weighted by molar-refractivity contribution is 5.71. The minimum Gasteiger partial charge on any atom is -0.495 e. The molecule has 13 heavy (non-hydrogen) atoms. The summed E-state index contributed by atoms with van der Waals surface area (Å²) in [5.41, 5.74) is 0.674. The zero-order valence-corrected chi connectivity index (χ0v) is 7.61. The first kappa shape index (κ1) is 9.51. The van der Waals surface area contributed by atoms with Crippen LogP contribution >= 0.6 is 0 Å². The second-order valence-electron chi connectivity index (χ2n) is 2.44. The van der Waals surface area contributed by atoms with E-state index < -0.39 is 0 Å². The van der Waals surface area contributed by atoms with E-state index in [-0.39, 0.29) is 12.4 Å². The minimum atomic E-state index is -0.294. The highest BCUT2D eigenvalue weighted by atomic mass is 16.5. The Labute approximate surface area is 76.5 Å². The third-order valence-electron chi connectivity index (χ3n) is 1.59. The van der Waals surface area contributed by atoms with Gasteiger partial charge >= 0.3 is 5.97 Å². The number of carbonyl (C=O) groups excluding carboxylic acids is 1. The lowest BCUT2D eigenvalue weighted by Crippen LogP contribution is -2.05. The Balaban J connectivity index is 2.64. The van der Waals surface area contributed by atoms with Crippen molar-refractivity contribution in [1.82, 2.24) is 4.98 Å². The lowest BCUT2D eigenvalue weighted by molar-refractivity contribution is -0.139. The van der Waals surface area contributed by atoms with Crippen molar-refractivity contribution in [2.45, 2.75) is 6.42 Å². The molecule has 0 radical (unpaired) electrons. The molecule has 0 aliphatic heterocycles. The molecule has 1 heterocycles. The molecule has 0 aliphatic rings. The van der Waals surface area contributed by atoms with Gasteiger partial charge in [0.05, 0.1) is 32.5 Å². The maximum atomic E-state index is 10.8. The van der Waals surface area contributed by atoms with Crippen LogP contribution in [-0.4, -0.2) is 25.2 Å². The van der Waals surface area contributed by atoms with Crippen molar-refractivity contribution in [1.29, 1.82) is 0 Å². The third kappa shape index (κ3) is 2.74. The minimum absolute atomic E-state index is 0.195. The van der Waals surface area contributed by atoms with Gasteiger partial charge in [-0.25, -0.2) is 0 Å². The summed E-state index contributed by atoms with van der Waals surface area (Å²) >= 11 is 0. The summed E-state index contributed by atoms with van der Waals surface area (Å²) in [5.74, 6) is 0.381. The number of rotatable bonds is 3. The molecule has 0 fully saturated rings. The largest absolute Gasteiger partial charge is 0.495 e. The molecule has 0 saturated carbocycles. The van der Waals surface area contributed by atoms with Gasteiger partial charge in [0.15, 0.2) is 0 Å². The van der Waals surface area contributed by atoms with Crippen LogP contribution < -0.4 is 4.74 Å². The number of ether oxygens (including phenoxy) is 2.